The number of aliphatic hydroxyl groups excluding tert-OH is 1. The number of benzene rings is 2. The first-order valence-corrected chi connectivity index (χ1v) is 10.9. The summed E-state index contributed by atoms with van der Waals surface area (Å²) in [6, 6.07) is 11.4. The van der Waals surface area contributed by atoms with E-state index in [-0.39, 0.29) is 25.3 Å². The Hall–Kier alpha value is -3.27. The van der Waals surface area contributed by atoms with Crippen molar-refractivity contribution in [1.82, 2.24) is 10.6 Å². The number of carbonyl (C=O) groups is 2. The molecular formula is C24H27F3N2O5. The molecule has 2 aromatic carbocycles. The highest BCUT2D eigenvalue weighted by molar-refractivity contribution is 5.97. The molecule has 1 saturated carbocycles. The third-order valence-corrected chi connectivity index (χ3v) is 5.10. The van der Waals surface area contributed by atoms with Crippen molar-refractivity contribution in [2.45, 2.75) is 31.5 Å². The van der Waals surface area contributed by atoms with Gasteiger partial charge in [0.2, 0.25) is 5.91 Å². The average Bonchev–Trinajstić information content (AvgIpc) is 3.64. The van der Waals surface area contributed by atoms with Crippen molar-refractivity contribution in [3.05, 3.63) is 59.7 Å². The van der Waals surface area contributed by atoms with Gasteiger partial charge >= 0.3 is 6.18 Å². The van der Waals surface area contributed by atoms with E-state index in [0.717, 1.165) is 0 Å². The Bertz CT molecular complexity index is 945. The van der Waals surface area contributed by atoms with Gasteiger partial charge in [0.1, 0.15) is 17.5 Å². The quantitative estimate of drug-likeness (QED) is 0.434. The summed E-state index contributed by atoms with van der Waals surface area (Å²) < 4.78 is 47.3. The fraction of sp³-hybridized carbons (Fsp3) is 0.417. The summed E-state index contributed by atoms with van der Waals surface area (Å²) in [5.41, 5.74) is 0.947. The van der Waals surface area contributed by atoms with Gasteiger partial charge < -0.3 is 25.2 Å². The highest BCUT2D eigenvalue weighted by Crippen LogP contribution is 2.29. The van der Waals surface area contributed by atoms with E-state index in [1.165, 1.54) is 37.1 Å². The van der Waals surface area contributed by atoms with Crippen molar-refractivity contribution in [1.29, 1.82) is 0 Å². The van der Waals surface area contributed by atoms with E-state index >= 15 is 0 Å². The van der Waals surface area contributed by atoms with Crippen LogP contribution in [0.4, 0.5) is 13.2 Å². The summed E-state index contributed by atoms with van der Waals surface area (Å²) in [6.45, 7) is -1.000. The number of amides is 2. The molecule has 0 aromatic heterocycles. The van der Waals surface area contributed by atoms with E-state index < -0.39 is 30.6 Å². The molecule has 1 aliphatic carbocycles. The van der Waals surface area contributed by atoms with Gasteiger partial charge in [-0.25, -0.2) is 0 Å². The van der Waals surface area contributed by atoms with Gasteiger partial charge in [-0.15, -0.1) is 0 Å². The molecule has 7 nitrogen and oxygen atoms in total. The molecular weight excluding hydrogens is 453 g/mol. The van der Waals surface area contributed by atoms with Crippen molar-refractivity contribution in [2.75, 3.05) is 26.4 Å². The summed E-state index contributed by atoms with van der Waals surface area (Å²) >= 11 is 0. The van der Waals surface area contributed by atoms with Crippen LogP contribution >= 0.6 is 0 Å². The predicted molar refractivity (Wildman–Crippen MR) is 118 cm³/mol. The highest BCUT2D eigenvalue weighted by atomic mass is 19.4. The lowest BCUT2D eigenvalue weighted by Crippen LogP contribution is -2.48. The molecule has 0 bridgehead atoms. The molecule has 10 heteroatoms. The van der Waals surface area contributed by atoms with Crippen molar-refractivity contribution < 1.29 is 37.3 Å². The summed E-state index contributed by atoms with van der Waals surface area (Å²) in [5, 5.41) is 14.2. The van der Waals surface area contributed by atoms with Crippen LogP contribution in [0.25, 0.3) is 0 Å². The second-order valence-electron chi connectivity index (χ2n) is 8.07. The largest absolute Gasteiger partial charge is 0.493 e. The van der Waals surface area contributed by atoms with Crippen molar-refractivity contribution in [2.24, 2.45) is 5.92 Å². The number of hydrogen-bond acceptors (Lipinski definition) is 5. The number of aliphatic hydroxyl groups is 1. The Morgan fingerprint density at radius 3 is 2.21 bits per heavy atom. The Morgan fingerprint density at radius 1 is 1.00 bits per heavy atom. The van der Waals surface area contributed by atoms with Gasteiger partial charge in [0.25, 0.3) is 5.91 Å². The van der Waals surface area contributed by atoms with Crippen molar-refractivity contribution >= 4 is 11.8 Å². The predicted octanol–water partition coefficient (Wildman–Crippen LogP) is 2.87. The van der Waals surface area contributed by atoms with Gasteiger partial charge in [-0.2, -0.15) is 13.2 Å². The molecule has 1 unspecified atom stereocenters. The van der Waals surface area contributed by atoms with Crippen LogP contribution in [0, 0.1) is 5.92 Å². The van der Waals surface area contributed by atoms with Gasteiger partial charge in [-0.05, 0) is 60.7 Å². The Morgan fingerprint density at radius 2 is 1.62 bits per heavy atom. The number of hydrogen-bond donors (Lipinski definition) is 3. The maximum absolute atomic E-state index is 12.7. The van der Waals surface area contributed by atoms with Gasteiger partial charge in [0, 0.05) is 18.5 Å². The summed E-state index contributed by atoms with van der Waals surface area (Å²) in [6.07, 6.45) is -2.02. The van der Waals surface area contributed by atoms with Gasteiger partial charge in [0.05, 0.1) is 13.2 Å². The first-order valence-electron chi connectivity index (χ1n) is 10.9. The molecule has 1 fully saturated rings. The van der Waals surface area contributed by atoms with Crippen LogP contribution in [0.15, 0.2) is 48.5 Å². The fourth-order valence-electron chi connectivity index (χ4n) is 3.08. The number of carbonyl (C=O) groups excluding carboxylic acids is 2. The average molecular weight is 480 g/mol. The zero-order valence-electron chi connectivity index (χ0n) is 18.4. The maximum atomic E-state index is 12.7. The standard InChI is InChI=1S/C24H27F3N2O5/c25-24(26,27)15-34-20-7-3-16(4-8-20)13-21(23(32)28-11-12-30)29-22(31)18-5-9-19(10-6-18)33-14-17-1-2-17/h3-10,17,21,30H,1-2,11-15H2,(H,28,32)(H,29,31). The molecule has 2 aromatic rings. The fourth-order valence-corrected chi connectivity index (χ4v) is 3.08. The molecule has 2 amide bonds. The zero-order chi connectivity index (χ0) is 24.6. The van der Waals surface area contributed by atoms with E-state index in [1.807, 2.05) is 0 Å². The van der Waals surface area contributed by atoms with E-state index in [1.54, 1.807) is 24.3 Å². The van der Waals surface area contributed by atoms with E-state index in [9.17, 15) is 22.8 Å². The molecule has 1 atom stereocenters. The number of halogens is 3. The van der Waals surface area contributed by atoms with Gasteiger partial charge in [0.15, 0.2) is 6.61 Å². The molecule has 34 heavy (non-hydrogen) atoms. The molecule has 0 aliphatic heterocycles. The molecule has 0 spiro atoms. The minimum Gasteiger partial charge on any atom is -0.493 e. The molecule has 1 aliphatic rings. The van der Waals surface area contributed by atoms with Crippen LogP contribution in [-0.4, -0.2) is 55.5 Å². The zero-order valence-corrected chi connectivity index (χ0v) is 18.4. The molecule has 0 heterocycles. The van der Waals surface area contributed by atoms with Crippen molar-refractivity contribution in [3.8, 4) is 11.5 Å². The lowest BCUT2D eigenvalue weighted by molar-refractivity contribution is -0.153. The summed E-state index contributed by atoms with van der Waals surface area (Å²) in [7, 11) is 0. The third-order valence-electron chi connectivity index (χ3n) is 5.10. The maximum Gasteiger partial charge on any atom is 0.422 e. The van der Waals surface area contributed by atoms with Crippen LogP contribution in [0.1, 0.15) is 28.8 Å². The molecule has 0 radical (unpaired) electrons. The van der Waals surface area contributed by atoms with E-state index in [0.29, 0.717) is 29.4 Å². The third kappa shape index (κ3) is 8.58. The number of nitrogens with one attached hydrogen (secondary N) is 2. The van der Waals surface area contributed by atoms with Crippen LogP contribution in [0.5, 0.6) is 11.5 Å². The monoisotopic (exact) mass is 480 g/mol. The lowest BCUT2D eigenvalue weighted by atomic mass is 10.0. The van der Waals surface area contributed by atoms with Crippen LogP contribution in [0.3, 0.4) is 0 Å². The van der Waals surface area contributed by atoms with Crippen LogP contribution < -0.4 is 20.1 Å². The van der Waals surface area contributed by atoms with E-state index in [4.69, 9.17) is 9.84 Å². The van der Waals surface area contributed by atoms with Gasteiger partial charge in [-0.3, -0.25) is 9.59 Å². The Labute approximate surface area is 195 Å². The minimum absolute atomic E-state index is 0.0163. The van der Waals surface area contributed by atoms with Crippen LogP contribution in [-0.2, 0) is 11.2 Å². The van der Waals surface area contributed by atoms with Gasteiger partial charge in [-0.1, -0.05) is 12.1 Å². The normalized spacial score (nSPS) is 14.2. The second-order valence-corrected chi connectivity index (χ2v) is 8.07. The number of alkyl halides is 3. The first-order chi connectivity index (χ1) is 16.2. The summed E-state index contributed by atoms with van der Waals surface area (Å²) in [4.78, 5) is 25.3. The Balaban J connectivity index is 1.61. The first kappa shape index (κ1) is 25.4. The van der Waals surface area contributed by atoms with Crippen molar-refractivity contribution in [3.63, 3.8) is 0 Å². The molecule has 3 rings (SSSR count). The lowest BCUT2D eigenvalue weighted by Gasteiger charge is -2.19. The number of rotatable bonds is 12. The van der Waals surface area contributed by atoms with E-state index in [2.05, 4.69) is 15.4 Å². The molecule has 184 valence electrons. The minimum atomic E-state index is -4.44. The highest BCUT2D eigenvalue weighted by Gasteiger charge is 2.28. The topological polar surface area (TPSA) is 96.9 Å². The Kier molecular flexibility index (Phi) is 8.75. The molecule has 0 saturated heterocycles. The van der Waals surface area contributed by atoms with Crippen LogP contribution in [0.2, 0.25) is 0 Å². The number of ether oxygens (including phenoxy) is 2. The smallest absolute Gasteiger partial charge is 0.422 e. The second kappa shape index (κ2) is 11.7. The SMILES string of the molecule is O=C(NC(Cc1ccc(OCC(F)(F)F)cc1)C(=O)NCCO)c1ccc(OCC2CC2)cc1. The molecule has 3 N–H and O–H groups in total. The summed E-state index contributed by atoms with van der Waals surface area (Å²) in [5.74, 6) is 0.336.